The fourth-order valence-corrected chi connectivity index (χ4v) is 1.71. The summed E-state index contributed by atoms with van der Waals surface area (Å²) in [7, 11) is 0. The van der Waals surface area contributed by atoms with E-state index < -0.39 is 0 Å². The highest BCUT2D eigenvalue weighted by molar-refractivity contribution is 5.28. The van der Waals surface area contributed by atoms with Crippen molar-refractivity contribution in [2.75, 3.05) is 0 Å². The lowest BCUT2D eigenvalue weighted by Crippen LogP contribution is -2.13. The molecule has 5 nitrogen and oxygen atoms in total. The minimum Gasteiger partial charge on any atom is -0.291 e. The van der Waals surface area contributed by atoms with Crippen LogP contribution in [-0.4, -0.2) is 19.6 Å². The number of rotatable bonds is 3. The Hall–Kier alpha value is -1.65. The molecule has 0 unspecified atom stereocenters. The van der Waals surface area contributed by atoms with Crippen molar-refractivity contribution in [1.82, 2.24) is 19.6 Å². The van der Waals surface area contributed by atoms with Crippen LogP contribution in [0.1, 0.15) is 32.3 Å². The van der Waals surface area contributed by atoms with Crippen LogP contribution in [0.5, 0.6) is 0 Å². The Morgan fingerprint density at radius 3 is 2.88 bits per heavy atom. The quantitative estimate of drug-likeness (QED) is 0.844. The third-order valence-electron chi connectivity index (χ3n) is 2.39. The molecule has 0 aliphatic heterocycles. The molecule has 0 aromatic carbocycles. The third-order valence-corrected chi connectivity index (χ3v) is 2.39. The number of nitrogens with one attached hydrogen (secondary N) is 1. The zero-order chi connectivity index (χ0) is 11.7. The maximum atomic E-state index is 11.4. The van der Waals surface area contributed by atoms with Crippen molar-refractivity contribution in [2.24, 2.45) is 5.92 Å². The number of aryl methyl sites for hydroxylation is 1. The van der Waals surface area contributed by atoms with Gasteiger partial charge in [-0.05, 0) is 12.3 Å². The van der Waals surface area contributed by atoms with E-state index in [9.17, 15) is 4.79 Å². The molecule has 0 aliphatic carbocycles. The van der Waals surface area contributed by atoms with Crippen LogP contribution in [0, 0.1) is 5.92 Å². The van der Waals surface area contributed by atoms with Crippen LogP contribution in [0.3, 0.4) is 0 Å². The van der Waals surface area contributed by atoms with Gasteiger partial charge in [0.15, 0.2) is 5.82 Å². The Balaban J connectivity index is 2.61. The Labute approximate surface area is 93.5 Å². The standard InChI is InChI=1S/C11H16N4O/c1-4-9-12-11-13-10(16)6-8(5-7(2)3)15(11)14-9/h6-7H,4-5H2,1-3H3,(H,12,13,14,16). The van der Waals surface area contributed by atoms with Gasteiger partial charge in [0.05, 0.1) is 5.69 Å². The molecule has 2 aromatic heterocycles. The molecule has 0 fully saturated rings. The maximum Gasteiger partial charge on any atom is 0.252 e. The zero-order valence-corrected chi connectivity index (χ0v) is 9.82. The van der Waals surface area contributed by atoms with E-state index in [1.807, 2.05) is 6.92 Å². The minimum atomic E-state index is -0.113. The van der Waals surface area contributed by atoms with E-state index in [1.165, 1.54) is 0 Å². The monoisotopic (exact) mass is 220 g/mol. The molecule has 2 aromatic rings. The Morgan fingerprint density at radius 2 is 2.25 bits per heavy atom. The molecule has 0 atom stereocenters. The third kappa shape index (κ3) is 1.98. The van der Waals surface area contributed by atoms with Crippen LogP contribution < -0.4 is 5.56 Å². The molecule has 0 spiro atoms. The smallest absolute Gasteiger partial charge is 0.252 e. The summed E-state index contributed by atoms with van der Waals surface area (Å²) in [6.07, 6.45) is 1.60. The minimum absolute atomic E-state index is 0.113. The fourth-order valence-electron chi connectivity index (χ4n) is 1.71. The molecule has 0 bridgehead atoms. The van der Waals surface area contributed by atoms with E-state index in [0.29, 0.717) is 11.7 Å². The SMILES string of the molecule is CCc1nc2[nH]c(=O)cc(CC(C)C)n2n1. The topological polar surface area (TPSA) is 63.0 Å². The van der Waals surface area contributed by atoms with Gasteiger partial charge in [0.25, 0.3) is 5.56 Å². The zero-order valence-electron chi connectivity index (χ0n) is 9.82. The summed E-state index contributed by atoms with van der Waals surface area (Å²) in [5.41, 5.74) is 0.805. The summed E-state index contributed by atoms with van der Waals surface area (Å²) in [4.78, 5) is 18.4. The van der Waals surface area contributed by atoms with E-state index in [1.54, 1.807) is 10.6 Å². The van der Waals surface area contributed by atoms with Gasteiger partial charge >= 0.3 is 0 Å². The number of H-pyrrole nitrogens is 1. The van der Waals surface area contributed by atoms with Crippen molar-refractivity contribution in [3.05, 3.63) is 27.9 Å². The van der Waals surface area contributed by atoms with Crippen LogP contribution in [0.4, 0.5) is 0 Å². The summed E-state index contributed by atoms with van der Waals surface area (Å²) in [6, 6.07) is 1.60. The van der Waals surface area contributed by atoms with Crippen molar-refractivity contribution in [1.29, 1.82) is 0 Å². The number of aromatic nitrogens is 4. The van der Waals surface area contributed by atoms with Crippen molar-refractivity contribution in [2.45, 2.75) is 33.6 Å². The highest BCUT2D eigenvalue weighted by Gasteiger charge is 2.09. The molecular formula is C11H16N4O. The average molecular weight is 220 g/mol. The molecule has 0 amide bonds. The van der Waals surface area contributed by atoms with Crippen molar-refractivity contribution in [3.8, 4) is 0 Å². The molecule has 5 heteroatoms. The predicted molar refractivity (Wildman–Crippen MR) is 61.5 cm³/mol. The van der Waals surface area contributed by atoms with Crippen molar-refractivity contribution in [3.63, 3.8) is 0 Å². The predicted octanol–water partition coefficient (Wildman–Crippen LogP) is 1.18. The van der Waals surface area contributed by atoms with Gasteiger partial charge in [-0.1, -0.05) is 20.8 Å². The maximum absolute atomic E-state index is 11.4. The first-order valence-electron chi connectivity index (χ1n) is 5.58. The van der Waals surface area contributed by atoms with Gasteiger partial charge in [-0.25, -0.2) is 4.52 Å². The highest BCUT2D eigenvalue weighted by atomic mass is 16.1. The van der Waals surface area contributed by atoms with Crippen LogP contribution in [0.15, 0.2) is 10.9 Å². The van der Waals surface area contributed by atoms with E-state index in [2.05, 4.69) is 28.9 Å². The summed E-state index contributed by atoms with van der Waals surface area (Å²) in [5, 5.41) is 4.36. The Kier molecular flexibility index (Phi) is 2.77. The number of aromatic amines is 1. The van der Waals surface area contributed by atoms with Gasteiger partial charge in [-0.2, -0.15) is 4.98 Å². The van der Waals surface area contributed by atoms with E-state index in [-0.39, 0.29) is 5.56 Å². The average Bonchev–Trinajstić information content (AvgIpc) is 2.59. The van der Waals surface area contributed by atoms with Crippen LogP contribution >= 0.6 is 0 Å². The summed E-state index contributed by atoms with van der Waals surface area (Å²) in [5.74, 6) is 1.78. The number of fused-ring (bicyclic) bond motifs is 1. The molecule has 16 heavy (non-hydrogen) atoms. The van der Waals surface area contributed by atoms with E-state index in [0.717, 1.165) is 24.4 Å². The molecule has 1 N–H and O–H groups in total. The van der Waals surface area contributed by atoms with Gasteiger partial charge in [-0.3, -0.25) is 9.78 Å². The molecule has 0 radical (unpaired) electrons. The lowest BCUT2D eigenvalue weighted by atomic mass is 10.1. The number of hydrogen-bond acceptors (Lipinski definition) is 3. The Morgan fingerprint density at radius 1 is 1.50 bits per heavy atom. The fraction of sp³-hybridized carbons (Fsp3) is 0.545. The Bertz CT molecular complexity index is 553. The van der Waals surface area contributed by atoms with Crippen LogP contribution in [-0.2, 0) is 12.8 Å². The first kappa shape index (κ1) is 10.9. The highest BCUT2D eigenvalue weighted by Crippen LogP contribution is 2.07. The van der Waals surface area contributed by atoms with Gasteiger partial charge in [0, 0.05) is 12.5 Å². The lowest BCUT2D eigenvalue weighted by Gasteiger charge is -2.05. The van der Waals surface area contributed by atoms with E-state index >= 15 is 0 Å². The van der Waals surface area contributed by atoms with Gasteiger partial charge in [-0.15, -0.1) is 5.10 Å². The first-order chi connectivity index (χ1) is 7.60. The lowest BCUT2D eigenvalue weighted by molar-refractivity contribution is 0.616. The second-order valence-corrected chi connectivity index (χ2v) is 4.34. The van der Waals surface area contributed by atoms with Crippen LogP contribution in [0.2, 0.25) is 0 Å². The number of hydrogen-bond donors (Lipinski definition) is 1. The summed E-state index contributed by atoms with van der Waals surface area (Å²) >= 11 is 0. The van der Waals surface area contributed by atoms with E-state index in [4.69, 9.17) is 0 Å². The summed E-state index contributed by atoms with van der Waals surface area (Å²) in [6.45, 7) is 6.23. The summed E-state index contributed by atoms with van der Waals surface area (Å²) < 4.78 is 1.74. The van der Waals surface area contributed by atoms with Crippen LogP contribution in [0.25, 0.3) is 5.78 Å². The van der Waals surface area contributed by atoms with Gasteiger partial charge in [0.1, 0.15) is 0 Å². The number of nitrogens with zero attached hydrogens (tertiary/aromatic N) is 3. The van der Waals surface area contributed by atoms with Gasteiger partial charge < -0.3 is 0 Å². The second-order valence-electron chi connectivity index (χ2n) is 4.34. The molecule has 2 rings (SSSR count). The first-order valence-corrected chi connectivity index (χ1v) is 5.58. The largest absolute Gasteiger partial charge is 0.291 e. The molecule has 0 saturated carbocycles. The van der Waals surface area contributed by atoms with Crippen molar-refractivity contribution >= 4 is 5.78 Å². The molecule has 0 saturated heterocycles. The molecule has 86 valence electrons. The second kappa shape index (κ2) is 4.08. The van der Waals surface area contributed by atoms with Crippen molar-refractivity contribution < 1.29 is 0 Å². The normalized spacial score (nSPS) is 11.5. The van der Waals surface area contributed by atoms with Gasteiger partial charge in [0.2, 0.25) is 5.78 Å². The molecule has 2 heterocycles. The molecule has 0 aliphatic rings. The molecular weight excluding hydrogens is 204 g/mol.